The van der Waals surface area contributed by atoms with Crippen molar-refractivity contribution >= 4 is 0 Å². The molecule has 1 aromatic rings. The fourth-order valence-electron chi connectivity index (χ4n) is 3.66. The molecule has 94 valence electrons. The van der Waals surface area contributed by atoms with Crippen LogP contribution in [-0.4, -0.2) is 17.5 Å². The van der Waals surface area contributed by atoms with Crippen molar-refractivity contribution < 1.29 is 4.42 Å². The van der Waals surface area contributed by atoms with Gasteiger partial charge in [0.1, 0.15) is 5.76 Å². The van der Waals surface area contributed by atoms with Crippen LogP contribution < -0.4 is 5.73 Å². The number of fused-ring (bicyclic) bond motifs is 1. The van der Waals surface area contributed by atoms with Gasteiger partial charge in [-0.15, -0.1) is 0 Å². The Kier molecular flexibility index (Phi) is 3.21. The molecular formula is C14H22N2O. The number of nitrogens with zero attached hydrogens (tertiary/aromatic N) is 1. The lowest BCUT2D eigenvalue weighted by Crippen LogP contribution is -2.41. The quantitative estimate of drug-likeness (QED) is 0.873. The fourth-order valence-corrected chi connectivity index (χ4v) is 3.66. The first-order chi connectivity index (χ1) is 8.38. The normalized spacial score (nSPS) is 29.5. The number of likely N-dealkylation sites (tertiary alicyclic amines) is 1. The zero-order chi connectivity index (χ0) is 11.7. The maximum atomic E-state index is 5.69. The summed E-state index contributed by atoms with van der Waals surface area (Å²) in [7, 11) is 0. The van der Waals surface area contributed by atoms with Crippen molar-refractivity contribution in [1.29, 1.82) is 0 Å². The largest absolute Gasteiger partial charge is 0.468 e. The maximum Gasteiger partial charge on any atom is 0.121 e. The third kappa shape index (κ3) is 2.14. The predicted octanol–water partition coefficient (Wildman–Crippen LogP) is 2.50. The fraction of sp³-hybridized carbons (Fsp3) is 0.714. The SMILES string of the molecule is NCc1occc1CN1CCCC2CCCC21. The highest BCUT2D eigenvalue weighted by Gasteiger charge is 2.34. The molecule has 1 aliphatic heterocycles. The topological polar surface area (TPSA) is 42.4 Å². The first-order valence-corrected chi connectivity index (χ1v) is 6.88. The van der Waals surface area contributed by atoms with Crippen LogP contribution in [0.15, 0.2) is 16.7 Å². The molecule has 17 heavy (non-hydrogen) atoms. The molecule has 2 fully saturated rings. The average Bonchev–Trinajstić information content (AvgIpc) is 2.97. The number of hydrogen-bond acceptors (Lipinski definition) is 3. The lowest BCUT2D eigenvalue weighted by atomic mass is 9.91. The number of hydrogen-bond donors (Lipinski definition) is 1. The molecule has 1 saturated heterocycles. The van der Waals surface area contributed by atoms with E-state index in [1.54, 1.807) is 6.26 Å². The van der Waals surface area contributed by atoms with E-state index in [0.717, 1.165) is 24.3 Å². The molecule has 2 aliphatic rings. The predicted molar refractivity (Wildman–Crippen MR) is 67.4 cm³/mol. The monoisotopic (exact) mass is 234 g/mol. The Labute approximate surface area is 103 Å². The molecule has 2 unspecified atom stereocenters. The van der Waals surface area contributed by atoms with E-state index in [1.807, 2.05) is 0 Å². The Hall–Kier alpha value is -0.800. The molecule has 3 heteroatoms. The summed E-state index contributed by atoms with van der Waals surface area (Å²) in [6.45, 7) is 2.80. The average molecular weight is 234 g/mol. The lowest BCUT2D eigenvalue weighted by molar-refractivity contribution is 0.105. The molecule has 3 nitrogen and oxygen atoms in total. The summed E-state index contributed by atoms with van der Waals surface area (Å²) in [5, 5.41) is 0. The summed E-state index contributed by atoms with van der Waals surface area (Å²) in [6.07, 6.45) is 8.82. The molecular weight excluding hydrogens is 212 g/mol. The van der Waals surface area contributed by atoms with Gasteiger partial charge in [0.2, 0.25) is 0 Å². The highest BCUT2D eigenvalue weighted by atomic mass is 16.3. The van der Waals surface area contributed by atoms with E-state index in [0.29, 0.717) is 6.54 Å². The van der Waals surface area contributed by atoms with Gasteiger partial charge in [0.05, 0.1) is 12.8 Å². The summed E-state index contributed by atoms with van der Waals surface area (Å²) in [5.41, 5.74) is 6.99. The van der Waals surface area contributed by atoms with Crippen LogP contribution in [0.5, 0.6) is 0 Å². The number of piperidine rings is 1. The Balaban J connectivity index is 1.71. The van der Waals surface area contributed by atoms with Gasteiger partial charge in [-0.1, -0.05) is 6.42 Å². The van der Waals surface area contributed by atoms with Gasteiger partial charge in [-0.05, 0) is 44.2 Å². The summed E-state index contributed by atoms with van der Waals surface area (Å²) in [6, 6.07) is 2.91. The molecule has 0 spiro atoms. The van der Waals surface area contributed by atoms with Crippen LogP contribution in [-0.2, 0) is 13.1 Å². The molecule has 0 amide bonds. The first-order valence-electron chi connectivity index (χ1n) is 6.88. The highest BCUT2D eigenvalue weighted by molar-refractivity contribution is 5.17. The van der Waals surface area contributed by atoms with E-state index in [9.17, 15) is 0 Å². The minimum atomic E-state index is 0.518. The zero-order valence-electron chi connectivity index (χ0n) is 10.4. The summed E-state index contributed by atoms with van der Waals surface area (Å²) < 4.78 is 5.42. The highest BCUT2D eigenvalue weighted by Crippen LogP contribution is 2.37. The smallest absolute Gasteiger partial charge is 0.121 e. The second-order valence-electron chi connectivity index (χ2n) is 5.44. The van der Waals surface area contributed by atoms with E-state index in [-0.39, 0.29) is 0 Å². The van der Waals surface area contributed by atoms with Crippen molar-refractivity contribution in [2.24, 2.45) is 11.7 Å². The van der Waals surface area contributed by atoms with Gasteiger partial charge in [-0.2, -0.15) is 0 Å². The van der Waals surface area contributed by atoms with Gasteiger partial charge >= 0.3 is 0 Å². The Morgan fingerprint density at radius 3 is 3.06 bits per heavy atom. The number of furan rings is 1. The second-order valence-corrected chi connectivity index (χ2v) is 5.44. The van der Waals surface area contributed by atoms with E-state index in [1.165, 1.54) is 44.2 Å². The van der Waals surface area contributed by atoms with Crippen LogP contribution in [0.4, 0.5) is 0 Å². The van der Waals surface area contributed by atoms with Crippen LogP contribution >= 0.6 is 0 Å². The number of nitrogens with two attached hydrogens (primary N) is 1. The lowest BCUT2D eigenvalue weighted by Gasteiger charge is -2.37. The molecule has 0 bridgehead atoms. The first kappa shape index (κ1) is 11.3. The van der Waals surface area contributed by atoms with Gasteiger partial charge in [0.15, 0.2) is 0 Å². The molecule has 1 aromatic heterocycles. The van der Waals surface area contributed by atoms with Crippen LogP contribution in [0.25, 0.3) is 0 Å². The molecule has 2 N–H and O–H groups in total. The van der Waals surface area contributed by atoms with Crippen molar-refractivity contribution in [2.75, 3.05) is 6.54 Å². The molecule has 1 saturated carbocycles. The van der Waals surface area contributed by atoms with E-state index < -0.39 is 0 Å². The van der Waals surface area contributed by atoms with Crippen molar-refractivity contribution in [2.45, 2.75) is 51.2 Å². The van der Waals surface area contributed by atoms with Crippen LogP contribution in [0, 0.1) is 5.92 Å². The Bertz CT molecular complexity index is 374. The van der Waals surface area contributed by atoms with Crippen LogP contribution in [0.1, 0.15) is 43.4 Å². The van der Waals surface area contributed by atoms with Gasteiger partial charge in [-0.25, -0.2) is 0 Å². The molecule has 3 rings (SSSR count). The van der Waals surface area contributed by atoms with Crippen molar-refractivity contribution in [3.63, 3.8) is 0 Å². The standard InChI is InChI=1S/C14H22N2O/c15-9-14-12(6-8-17-14)10-16-7-2-4-11-3-1-5-13(11)16/h6,8,11,13H,1-5,7,9-10,15H2. The molecule has 2 heterocycles. The van der Waals surface area contributed by atoms with E-state index in [4.69, 9.17) is 10.2 Å². The van der Waals surface area contributed by atoms with Gasteiger partial charge in [0.25, 0.3) is 0 Å². The van der Waals surface area contributed by atoms with Gasteiger partial charge < -0.3 is 10.2 Å². The third-order valence-corrected chi connectivity index (χ3v) is 4.50. The van der Waals surface area contributed by atoms with Gasteiger partial charge in [0, 0.05) is 18.2 Å². The maximum absolute atomic E-state index is 5.69. The third-order valence-electron chi connectivity index (χ3n) is 4.50. The van der Waals surface area contributed by atoms with Crippen LogP contribution in [0.2, 0.25) is 0 Å². The zero-order valence-corrected chi connectivity index (χ0v) is 10.4. The Morgan fingerprint density at radius 1 is 1.29 bits per heavy atom. The van der Waals surface area contributed by atoms with Crippen molar-refractivity contribution in [3.8, 4) is 0 Å². The summed E-state index contributed by atoms with van der Waals surface area (Å²) in [4.78, 5) is 2.66. The number of rotatable bonds is 3. The second kappa shape index (κ2) is 4.83. The van der Waals surface area contributed by atoms with E-state index in [2.05, 4.69) is 11.0 Å². The molecule has 0 aromatic carbocycles. The van der Waals surface area contributed by atoms with Gasteiger partial charge in [-0.3, -0.25) is 4.90 Å². The minimum Gasteiger partial charge on any atom is -0.468 e. The molecule has 0 radical (unpaired) electrons. The summed E-state index contributed by atoms with van der Waals surface area (Å²) >= 11 is 0. The van der Waals surface area contributed by atoms with E-state index >= 15 is 0 Å². The Morgan fingerprint density at radius 2 is 2.18 bits per heavy atom. The molecule has 2 atom stereocenters. The van der Waals surface area contributed by atoms with Crippen molar-refractivity contribution in [3.05, 3.63) is 23.7 Å². The van der Waals surface area contributed by atoms with Crippen molar-refractivity contribution in [1.82, 2.24) is 4.90 Å². The minimum absolute atomic E-state index is 0.518. The molecule has 1 aliphatic carbocycles. The summed E-state index contributed by atoms with van der Waals surface area (Å²) in [5.74, 6) is 1.92. The van der Waals surface area contributed by atoms with Crippen LogP contribution in [0.3, 0.4) is 0 Å².